The van der Waals surface area contributed by atoms with Gasteiger partial charge in [-0.05, 0) is 64.5 Å². The highest BCUT2D eigenvalue weighted by atomic mass is 32.2. The quantitative estimate of drug-likeness (QED) is 0.744. The molecule has 2 aliphatic carbocycles. The summed E-state index contributed by atoms with van der Waals surface area (Å²) in [5, 5.41) is 0. The van der Waals surface area contributed by atoms with Gasteiger partial charge in [-0.2, -0.15) is 0 Å². The predicted octanol–water partition coefficient (Wildman–Crippen LogP) is 4.43. The van der Waals surface area contributed by atoms with E-state index >= 15 is 0 Å². The summed E-state index contributed by atoms with van der Waals surface area (Å²) in [4.78, 5) is 13.1. The summed E-state index contributed by atoms with van der Waals surface area (Å²) >= 11 is 0. The molecule has 2 aliphatic rings. The highest BCUT2D eigenvalue weighted by Crippen LogP contribution is 2.57. The SMILES string of the molecule is CC[C@]12CCC(=O)C(CS(=O)(=O)c3ccccc3)C1CC[C@@H]2OC(C)(C)C. The molecular formula is C22H32O4S. The van der Waals surface area contributed by atoms with Gasteiger partial charge in [0, 0.05) is 17.8 Å². The van der Waals surface area contributed by atoms with Crippen molar-refractivity contribution in [3.05, 3.63) is 30.3 Å². The Balaban J connectivity index is 1.89. The molecule has 0 bridgehead atoms. The van der Waals surface area contributed by atoms with Gasteiger partial charge in [0.15, 0.2) is 9.84 Å². The van der Waals surface area contributed by atoms with Crippen LogP contribution in [0, 0.1) is 17.3 Å². The molecule has 1 aromatic rings. The summed E-state index contributed by atoms with van der Waals surface area (Å²) in [5.41, 5.74) is -0.327. The van der Waals surface area contributed by atoms with Crippen LogP contribution in [0.4, 0.5) is 0 Å². The van der Waals surface area contributed by atoms with E-state index in [1.165, 1.54) is 0 Å². The fourth-order valence-electron chi connectivity index (χ4n) is 5.30. The van der Waals surface area contributed by atoms with E-state index in [-0.39, 0.29) is 34.6 Å². The minimum Gasteiger partial charge on any atom is -0.372 e. The molecule has 150 valence electrons. The number of sulfone groups is 1. The second-order valence-electron chi connectivity index (χ2n) is 9.16. The van der Waals surface area contributed by atoms with Crippen LogP contribution in [0.3, 0.4) is 0 Å². The topological polar surface area (TPSA) is 60.4 Å². The zero-order valence-corrected chi connectivity index (χ0v) is 17.7. The summed E-state index contributed by atoms with van der Waals surface area (Å²) in [6.07, 6.45) is 4.08. The van der Waals surface area contributed by atoms with Crippen molar-refractivity contribution in [3.8, 4) is 0 Å². The lowest BCUT2D eigenvalue weighted by atomic mass is 9.61. The van der Waals surface area contributed by atoms with Crippen molar-refractivity contribution in [3.63, 3.8) is 0 Å². The van der Waals surface area contributed by atoms with E-state index in [2.05, 4.69) is 27.7 Å². The fourth-order valence-corrected chi connectivity index (χ4v) is 6.95. The molecule has 5 heteroatoms. The molecular weight excluding hydrogens is 360 g/mol. The van der Waals surface area contributed by atoms with Crippen molar-refractivity contribution in [2.45, 2.75) is 76.4 Å². The van der Waals surface area contributed by atoms with Crippen molar-refractivity contribution < 1.29 is 17.9 Å². The maximum Gasteiger partial charge on any atom is 0.179 e. The second-order valence-corrected chi connectivity index (χ2v) is 11.2. The summed E-state index contributed by atoms with van der Waals surface area (Å²) in [7, 11) is -3.48. The number of ether oxygens (including phenoxy) is 1. The third-order valence-electron chi connectivity index (χ3n) is 6.51. The molecule has 1 aromatic carbocycles. The first-order chi connectivity index (χ1) is 12.6. The van der Waals surface area contributed by atoms with Crippen LogP contribution in [0.25, 0.3) is 0 Å². The van der Waals surface area contributed by atoms with E-state index in [0.717, 1.165) is 25.7 Å². The van der Waals surface area contributed by atoms with Crippen molar-refractivity contribution in [1.82, 2.24) is 0 Å². The zero-order chi connectivity index (χ0) is 19.9. The standard InChI is InChI=1S/C22H32O4S/c1-5-22-14-13-19(23)17(15-27(24,25)16-9-7-6-8-10-16)18(22)11-12-20(22)26-21(2,3)4/h6-10,17-18,20H,5,11-15H2,1-4H3/t17?,18?,20-,22-/m0/s1. The molecule has 0 aromatic heterocycles. The molecule has 0 aliphatic heterocycles. The smallest absolute Gasteiger partial charge is 0.179 e. The third-order valence-corrected chi connectivity index (χ3v) is 8.30. The Bertz CT molecular complexity index is 778. The first-order valence-electron chi connectivity index (χ1n) is 10.1. The molecule has 4 atom stereocenters. The first kappa shape index (κ1) is 20.5. The highest BCUT2D eigenvalue weighted by molar-refractivity contribution is 7.91. The minimum absolute atomic E-state index is 0.0789. The first-order valence-corrected chi connectivity index (χ1v) is 11.7. The number of fused-ring (bicyclic) bond motifs is 1. The number of hydrogen-bond acceptors (Lipinski definition) is 4. The highest BCUT2D eigenvalue weighted by Gasteiger charge is 2.57. The third kappa shape index (κ3) is 4.00. The molecule has 2 saturated carbocycles. The van der Waals surface area contributed by atoms with E-state index in [1.54, 1.807) is 30.3 Å². The van der Waals surface area contributed by atoms with E-state index in [0.29, 0.717) is 11.3 Å². The van der Waals surface area contributed by atoms with Crippen LogP contribution >= 0.6 is 0 Å². The van der Waals surface area contributed by atoms with Crippen LogP contribution in [-0.2, 0) is 19.4 Å². The number of carbonyl (C=O) groups excluding carboxylic acids is 1. The van der Waals surface area contributed by atoms with E-state index in [4.69, 9.17) is 4.74 Å². The Labute approximate surface area is 163 Å². The Morgan fingerprint density at radius 2 is 1.81 bits per heavy atom. The minimum atomic E-state index is -3.48. The molecule has 3 rings (SSSR count). The number of ketones is 1. The Morgan fingerprint density at radius 1 is 1.15 bits per heavy atom. The van der Waals surface area contributed by atoms with Gasteiger partial charge in [0.05, 0.1) is 22.4 Å². The molecule has 0 spiro atoms. The van der Waals surface area contributed by atoms with Gasteiger partial charge in [-0.3, -0.25) is 4.79 Å². The molecule has 0 heterocycles. The maximum atomic E-state index is 13.0. The summed E-state index contributed by atoms with van der Waals surface area (Å²) in [6, 6.07) is 8.51. The van der Waals surface area contributed by atoms with Crippen LogP contribution in [0.2, 0.25) is 0 Å². The average molecular weight is 393 g/mol. The molecule has 0 saturated heterocycles. The lowest BCUT2D eigenvalue weighted by molar-refractivity contribution is -0.146. The van der Waals surface area contributed by atoms with Gasteiger partial charge in [0.2, 0.25) is 0 Å². The molecule has 2 unspecified atom stereocenters. The predicted molar refractivity (Wildman–Crippen MR) is 106 cm³/mol. The van der Waals surface area contributed by atoms with Gasteiger partial charge in [-0.15, -0.1) is 0 Å². The van der Waals surface area contributed by atoms with E-state index in [1.807, 2.05) is 0 Å². The number of rotatable bonds is 5. The van der Waals surface area contributed by atoms with E-state index in [9.17, 15) is 13.2 Å². The van der Waals surface area contributed by atoms with Crippen LogP contribution in [0.5, 0.6) is 0 Å². The monoisotopic (exact) mass is 392 g/mol. The van der Waals surface area contributed by atoms with Crippen LogP contribution in [-0.4, -0.2) is 31.7 Å². The molecule has 27 heavy (non-hydrogen) atoms. The molecule has 0 N–H and O–H groups in total. The molecule has 2 fully saturated rings. The average Bonchev–Trinajstić information content (AvgIpc) is 2.95. The Hall–Kier alpha value is -1.20. The van der Waals surface area contributed by atoms with Gasteiger partial charge in [-0.25, -0.2) is 8.42 Å². The maximum absolute atomic E-state index is 13.0. The van der Waals surface area contributed by atoms with Crippen LogP contribution in [0.15, 0.2) is 35.2 Å². The Morgan fingerprint density at radius 3 is 2.41 bits per heavy atom. The zero-order valence-electron chi connectivity index (χ0n) is 16.9. The molecule has 0 radical (unpaired) electrons. The fraction of sp³-hybridized carbons (Fsp3) is 0.682. The van der Waals surface area contributed by atoms with Crippen LogP contribution in [0.1, 0.15) is 59.8 Å². The Kier molecular flexibility index (Phi) is 5.57. The van der Waals surface area contributed by atoms with Gasteiger partial charge >= 0.3 is 0 Å². The van der Waals surface area contributed by atoms with Gasteiger partial charge in [0.25, 0.3) is 0 Å². The van der Waals surface area contributed by atoms with Crippen molar-refractivity contribution in [2.75, 3.05) is 5.75 Å². The largest absolute Gasteiger partial charge is 0.372 e. The lowest BCUT2D eigenvalue weighted by Gasteiger charge is -2.47. The summed E-state index contributed by atoms with van der Waals surface area (Å²) < 4.78 is 32.3. The second kappa shape index (κ2) is 7.32. The number of benzene rings is 1. The number of carbonyl (C=O) groups is 1. The van der Waals surface area contributed by atoms with Crippen molar-refractivity contribution in [2.24, 2.45) is 17.3 Å². The van der Waals surface area contributed by atoms with Crippen molar-refractivity contribution >= 4 is 15.6 Å². The number of hydrogen-bond donors (Lipinski definition) is 0. The number of Topliss-reactive ketones (excluding diaryl/α,β-unsaturated/α-hetero) is 1. The van der Waals surface area contributed by atoms with E-state index < -0.39 is 15.8 Å². The van der Waals surface area contributed by atoms with Gasteiger partial charge in [0.1, 0.15) is 5.78 Å². The molecule has 4 nitrogen and oxygen atoms in total. The molecule has 0 amide bonds. The van der Waals surface area contributed by atoms with Crippen LogP contribution < -0.4 is 0 Å². The summed E-state index contributed by atoms with van der Waals surface area (Å²) in [6.45, 7) is 8.36. The normalized spacial score (nSPS) is 31.7. The van der Waals surface area contributed by atoms with Gasteiger partial charge in [-0.1, -0.05) is 25.1 Å². The lowest BCUT2D eigenvalue weighted by Crippen LogP contribution is -2.49. The summed E-state index contributed by atoms with van der Waals surface area (Å²) in [5.74, 6) is -0.295. The van der Waals surface area contributed by atoms with Crippen molar-refractivity contribution in [1.29, 1.82) is 0 Å². The van der Waals surface area contributed by atoms with Gasteiger partial charge < -0.3 is 4.74 Å².